The number of nitrogens with one attached hydrogen (secondary N) is 1. The summed E-state index contributed by atoms with van der Waals surface area (Å²) in [6.45, 7) is 4.07. The maximum absolute atomic E-state index is 13.6. The van der Waals surface area contributed by atoms with Gasteiger partial charge in [0.15, 0.2) is 0 Å². The Morgan fingerprint density at radius 2 is 2.20 bits per heavy atom. The molecule has 0 aliphatic carbocycles. The summed E-state index contributed by atoms with van der Waals surface area (Å²) < 4.78 is 13.6. The molecule has 0 radical (unpaired) electrons. The average molecular weight is 231 g/mol. The van der Waals surface area contributed by atoms with Gasteiger partial charge in [-0.2, -0.15) is 0 Å². The maximum atomic E-state index is 13.6. The number of hydrogen-bond acceptors (Lipinski definition) is 2. The lowest BCUT2D eigenvalue weighted by molar-refractivity contribution is 0.371. The molecular weight excluding hydrogens is 215 g/mol. The van der Waals surface area contributed by atoms with E-state index < -0.39 is 0 Å². The van der Waals surface area contributed by atoms with E-state index in [4.69, 9.17) is 17.4 Å². The summed E-state index contributed by atoms with van der Waals surface area (Å²) in [7, 11) is 0. The van der Waals surface area contributed by atoms with Crippen LogP contribution in [-0.4, -0.2) is 0 Å². The third kappa shape index (κ3) is 2.91. The van der Waals surface area contributed by atoms with E-state index in [0.717, 1.165) is 6.42 Å². The minimum atomic E-state index is -0.314. The number of nitrogens with two attached hydrogens (primary N) is 1. The van der Waals surface area contributed by atoms with Crippen LogP contribution < -0.4 is 11.3 Å². The fourth-order valence-corrected chi connectivity index (χ4v) is 1.71. The average Bonchev–Trinajstić information content (AvgIpc) is 2.21. The molecule has 0 aliphatic rings. The zero-order valence-electron chi connectivity index (χ0n) is 8.93. The Kier molecular flexibility index (Phi) is 4.51. The first kappa shape index (κ1) is 12.4. The third-order valence-corrected chi connectivity index (χ3v) is 2.93. The van der Waals surface area contributed by atoms with Crippen LogP contribution in [0.2, 0.25) is 5.02 Å². The van der Waals surface area contributed by atoms with Crippen LogP contribution in [0.1, 0.15) is 31.9 Å². The highest BCUT2D eigenvalue weighted by Crippen LogP contribution is 2.27. The van der Waals surface area contributed by atoms with Crippen molar-refractivity contribution < 1.29 is 4.39 Å². The first-order valence-corrected chi connectivity index (χ1v) is 5.39. The second kappa shape index (κ2) is 5.45. The zero-order valence-corrected chi connectivity index (χ0v) is 9.68. The molecule has 0 amide bonds. The normalized spacial score (nSPS) is 15.0. The van der Waals surface area contributed by atoms with Crippen LogP contribution in [-0.2, 0) is 0 Å². The van der Waals surface area contributed by atoms with Gasteiger partial charge in [-0.15, -0.1) is 0 Å². The molecule has 0 aliphatic heterocycles. The molecule has 3 N–H and O–H groups in total. The highest BCUT2D eigenvalue weighted by atomic mass is 35.5. The van der Waals surface area contributed by atoms with E-state index in [1.54, 1.807) is 12.1 Å². The SMILES string of the molecule is CCC(C)C(NN)c1ccc(Cl)cc1F. The predicted octanol–water partition coefficient (Wildman–Crippen LogP) is 3.03. The number of hydrogen-bond donors (Lipinski definition) is 2. The topological polar surface area (TPSA) is 38.0 Å². The van der Waals surface area contributed by atoms with E-state index in [-0.39, 0.29) is 17.8 Å². The van der Waals surface area contributed by atoms with Gasteiger partial charge in [0.25, 0.3) is 0 Å². The Morgan fingerprint density at radius 1 is 1.53 bits per heavy atom. The Hall–Kier alpha value is -0.640. The van der Waals surface area contributed by atoms with Crippen molar-refractivity contribution in [2.45, 2.75) is 26.3 Å². The molecule has 1 aromatic carbocycles. The quantitative estimate of drug-likeness (QED) is 0.617. The van der Waals surface area contributed by atoms with Gasteiger partial charge < -0.3 is 0 Å². The molecule has 1 rings (SSSR count). The minimum Gasteiger partial charge on any atom is -0.271 e. The Balaban J connectivity index is 3.01. The third-order valence-electron chi connectivity index (χ3n) is 2.69. The van der Waals surface area contributed by atoms with Crippen molar-refractivity contribution in [2.24, 2.45) is 11.8 Å². The van der Waals surface area contributed by atoms with E-state index in [9.17, 15) is 4.39 Å². The zero-order chi connectivity index (χ0) is 11.4. The molecule has 2 nitrogen and oxygen atoms in total. The summed E-state index contributed by atoms with van der Waals surface area (Å²) in [4.78, 5) is 0. The smallest absolute Gasteiger partial charge is 0.129 e. The molecule has 4 heteroatoms. The molecule has 2 unspecified atom stereocenters. The molecule has 84 valence electrons. The largest absolute Gasteiger partial charge is 0.271 e. The molecule has 0 spiro atoms. The molecule has 0 saturated heterocycles. The van der Waals surface area contributed by atoms with Crippen LogP contribution in [0.25, 0.3) is 0 Å². The van der Waals surface area contributed by atoms with E-state index in [1.807, 2.05) is 13.8 Å². The number of rotatable bonds is 4. The second-order valence-electron chi connectivity index (χ2n) is 3.70. The second-order valence-corrected chi connectivity index (χ2v) is 4.13. The van der Waals surface area contributed by atoms with Gasteiger partial charge in [0.1, 0.15) is 5.82 Å². The molecule has 0 bridgehead atoms. The molecule has 2 atom stereocenters. The minimum absolute atomic E-state index is 0.174. The Morgan fingerprint density at radius 3 is 2.67 bits per heavy atom. The fraction of sp³-hybridized carbons (Fsp3) is 0.455. The highest BCUT2D eigenvalue weighted by Gasteiger charge is 2.19. The highest BCUT2D eigenvalue weighted by molar-refractivity contribution is 6.30. The Labute approximate surface area is 94.6 Å². The van der Waals surface area contributed by atoms with Gasteiger partial charge in [-0.25, -0.2) is 4.39 Å². The van der Waals surface area contributed by atoms with Crippen molar-refractivity contribution >= 4 is 11.6 Å². The van der Waals surface area contributed by atoms with E-state index in [2.05, 4.69) is 5.43 Å². The summed E-state index contributed by atoms with van der Waals surface area (Å²) in [6, 6.07) is 4.48. The molecule has 1 aromatic rings. The van der Waals surface area contributed by atoms with Crippen LogP contribution in [0.4, 0.5) is 4.39 Å². The number of benzene rings is 1. The van der Waals surface area contributed by atoms with Crippen molar-refractivity contribution in [3.05, 3.63) is 34.6 Å². The summed E-state index contributed by atoms with van der Waals surface area (Å²) in [5.74, 6) is 5.39. The molecule has 0 saturated carbocycles. The summed E-state index contributed by atoms with van der Waals surface area (Å²) >= 11 is 5.69. The first-order valence-electron chi connectivity index (χ1n) is 5.01. The van der Waals surface area contributed by atoms with E-state index in [0.29, 0.717) is 10.6 Å². The molecular formula is C11H16ClFN2. The molecule has 15 heavy (non-hydrogen) atoms. The van der Waals surface area contributed by atoms with Crippen LogP contribution in [0.3, 0.4) is 0 Å². The van der Waals surface area contributed by atoms with Crippen molar-refractivity contribution in [1.82, 2.24) is 5.43 Å². The number of halogens is 2. The van der Waals surface area contributed by atoms with Crippen LogP contribution in [0.15, 0.2) is 18.2 Å². The molecule has 0 heterocycles. The van der Waals surface area contributed by atoms with Gasteiger partial charge in [-0.05, 0) is 18.1 Å². The fourth-order valence-electron chi connectivity index (χ4n) is 1.55. The van der Waals surface area contributed by atoms with E-state index >= 15 is 0 Å². The summed E-state index contributed by atoms with van der Waals surface area (Å²) in [5, 5.41) is 0.399. The van der Waals surface area contributed by atoms with Crippen molar-refractivity contribution in [2.75, 3.05) is 0 Å². The molecule has 0 aromatic heterocycles. The van der Waals surface area contributed by atoms with Crippen molar-refractivity contribution in [3.8, 4) is 0 Å². The lowest BCUT2D eigenvalue weighted by Crippen LogP contribution is -2.33. The van der Waals surface area contributed by atoms with E-state index in [1.165, 1.54) is 6.07 Å². The summed E-state index contributed by atoms with van der Waals surface area (Å²) in [5.41, 5.74) is 3.21. The van der Waals surface area contributed by atoms with Crippen LogP contribution in [0, 0.1) is 11.7 Å². The van der Waals surface area contributed by atoms with Crippen molar-refractivity contribution in [3.63, 3.8) is 0 Å². The lowest BCUT2D eigenvalue weighted by atomic mass is 9.93. The molecule has 0 fully saturated rings. The number of hydrazine groups is 1. The van der Waals surface area contributed by atoms with Gasteiger partial charge in [0.2, 0.25) is 0 Å². The predicted molar refractivity (Wildman–Crippen MR) is 60.9 cm³/mol. The van der Waals surface area contributed by atoms with Gasteiger partial charge >= 0.3 is 0 Å². The summed E-state index contributed by atoms with van der Waals surface area (Å²) in [6.07, 6.45) is 0.928. The van der Waals surface area contributed by atoms with Crippen LogP contribution in [0.5, 0.6) is 0 Å². The lowest BCUT2D eigenvalue weighted by Gasteiger charge is -2.23. The van der Waals surface area contributed by atoms with Gasteiger partial charge in [0, 0.05) is 10.6 Å². The van der Waals surface area contributed by atoms with Crippen LogP contribution >= 0.6 is 11.6 Å². The monoisotopic (exact) mass is 230 g/mol. The standard InChI is InChI=1S/C11H16ClFN2/c1-3-7(2)11(15-14)9-5-4-8(12)6-10(9)13/h4-7,11,15H,3,14H2,1-2H3. The van der Waals surface area contributed by atoms with Crippen molar-refractivity contribution in [1.29, 1.82) is 0 Å². The van der Waals surface area contributed by atoms with Gasteiger partial charge in [-0.3, -0.25) is 11.3 Å². The first-order chi connectivity index (χ1) is 7.10. The van der Waals surface area contributed by atoms with Gasteiger partial charge in [0.05, 0.1) is 6.04 Å². The maximum Gasteiger partial charge on any atom is 0.129 e. The van der Waals surface area contributed by atoms with Gasteiger partial charge in [-0.1, -0.05) is 37.9 Å². The Bertz CT molecular complexity index is 330.